The van der Waals surface area contributed by atoms with Crippen LogP contribution in [0.4, 0.5) is 0 Å². The zero-order valence-corrected chi connectivity index (χ0v) is 12.9. The lowest BCUT2D eigenvalue weighted by Gasteiger charge is -2.22. The van der Waals surface area contributed by atoms with Gasteiger partial charge in [-0.2, -0.15) is 0 Å². The van der Waals surface area contributed by atoms with Gasteiger partial charge in [-0.15, -0.1) is 0 Å². The Hall–Kier alpha value is -1.35. The maximum absolute atomic E-state index is 12.1. The van der Waals surface area contributed by atoms with Crippen molar-refractivity contribution in [1.82, 2.24) is 10.2 Å². The van der Waals surface area contributed by atoms with Crippen molar-refractivity contribution < 1.29 is 4.79 Å². The van der Waals surface area contributed by atoms with Gasteiger partial charge in [-0.25, -0.2) is 0 Å². The summed E-state index contributed by atoms with van der Waals surface area (Å²) in [4.78, 5) is 14.6. The molecule has 1 saturated heterocycles. The van der Waals surface area contributed by atoms with Gasteiger partial charge in [0, 0.05) is 18.2 Å². The van der Waals surface area contributed by atoms with E-state index in [4.69, 9.17) is 0 Å². The topological polar surface area (TPSA) is 32.3 Å². The van der Waals surface area contributed by atoms with E-state index in [9.17, 15) is 4.79 Å². The smallest absolute Gasteiger partial charge is 0.251 e. The fraction of sp³-hybridized carbons (Fsp3) is 0.588. The van der Waals surface area contributed by atoms with Crippen molar-refractivity contribution in [3.8, 4) is 0 Å². The number of carbonyl (C=O) groups excluding carboxylic acids is 1. The normalized spacial score (nSPS) is 19.5. The summed E-state index contributed by atoms with van der Waals surface area (Å²) in [6, 6.07) is 8.47. The second-order valence-electron chi connectivity index (χ2n) is 5.91. The Kier molecular flexibility index (Phi) is 5.18. The molecule has 0 saturated carbocycles. The second-order valence-corrected chi connectivity index (χ2v) is 5.91. The van der Waals surface area contributed by atoms with Crippen LogP contribution in [0.5, 0.6) is 0 Å². The number of hydrogen-bond donors (Lipinski definition) is 1. The highest BCUT2D eigenvalue weighted by atomic mass is 16.1. The summed E-state index contributed by atoms with van der Waals surface area (Å²) in [5.41, 5.74) is 2.03. The summed E-state index contributed by atoms with van der Waals surface area (Å²) in [5.74, 6) is 0.548. The van der Waals surface area contributed by atoms with Crippen molar-refractivity contribution in [2.75, 3.05) is 19.6 Å². The van der Waals surface area contributed by atoms with Gasteiger partial charge in [0.15, 0.2) is 0 Å². The molecule has 0 spiro atoms. The third kappa shape index (κ3) is 3.60. The maximum atomic E-state index is 12.1. The van der Waals surface area contributed by atoms with Crippen molar-refractivity contribution in [3.63, 3.8) is 0 Å². The Morgan fingerprint density at radius 2 is 2.05 bits per heavy atom. The molecule has 0 aromatic heterocycles. The van der Waals surface area contributed by atoms with Crippen LogP contribution >= 0.6 is 0 Å². The van der Waals surface area contributed by atoms with Crippen molar-refractivity contribution in [3.05, 3.63) is 35.4 Å². The zero-order chi connectivity index (χ0) is 14.5. The molecule has 1 aliphatic rings. The summed E-state index contributed by atoms with van der Waals surface area (Å²) < 4.78 is 0. The number of hydrogen-bond acceptors (Lipinski definition) is 2. The number of amides is 1. The molecule has 3 heteroatoms. The standard InChI is InChI=1S/C17H26N2O/c1-4-19-11-5-6-16(19)12-18-17(20)15-9-7-14(8-10-15)13(2)3/h7-10,13,16H,4-6,11-12H2,1-3H3,(H,18,20)/t16-/m1/s1. The first-order valence-electron chi connectivity index (χ1n) is 7.74. The van der Waals surface area contributed by atoms with E-state index in [-0.39, 0.29) is 5.91 Å². The molecule has 110 valence electrons. The lowest BCUT2D eigenvalue weighted by atomic mass is 10.0. The highest BCUT2D eigenvalue weighted by Crippen LogP contribution is 2.16. The predicted octanol–water partition coefficient (Wildman–Crippen LogP) is 3.02. The van der Waals surface area contributed by atoms with E-state index in [0.717, 1.165) is 18.7 Å². The molecule has 1 aliphatic heterocycles. The monoisotopic (exact) mass is 274 g/mol. The van der Waals surface area contributed by atoms with E-state index < -0.39 is 0 Å². The minimum absolute atomic E-state index is 0.0447. The Labute approximate surface area is 122 Å². The van der Waals surface area contributed by atoms with Gasteiger partial charge in [0.05, 0.1) is 0 Å². The lowest BCUT2D eigenvalue weighted by Crippen LogP contribution is -2.40. The SMILES string of the molecule is CCN1CCC[C@@H]1CNC(=O)c1ccc(C(C)C)cc1. The second kappa shape index (κ2) is 6.89. The molecule has 2 rings (SSSR count). The molecule has 0 radical (unpaired) electrons. The van der Waals surface area contributed by atoms with Gasteiger partial charge in [-0.3, -0.25) is 9.69 Å². The Morgan fingerprint density at radius 3 is 2.65 bits per heavy atom. The van der Waals surface area contributed by atoms with Crippen LogP contribution in [0.3, 0.4) is 0 Å². The molecule has 0 bridgehead atoms. The number of rotatable bonds is 5. The highest BCUT2D eigenvalue weighted by molar-refractivity contribution is 5.94. The summed E-state index contributed by atoms with van der Waals surface area (Å²) in [7, 11) is 0. The van der Waals surface area contributed by atoms with Gasteiger partial charge in [-0.05, 0) is 49.5 Å². The Balaban J connectivity index is 1.88. The minimum atomic E-state index is 0.0447. The highest BCUT2D eigenvalue weighted by Gasteiger charge is 2.23. The Morgan fingerprint density at radius 1 is 1.35 bits per heavy atom. The number of benzene rings is 1. The number of likely N-dealkylation sites (tertiary alicyclic amines) is 1. The molecular formula is C17H26N2O. The van der Waals surface area contributed by atoms with Crippen molar-refractivity contribution >= 4 is 5.91 Å². The molecule has 1 N–H and O–H groups in total. The van der Waals surface area contributed by atoms with Crippen LogP contribution in [0.2, 0.25) is 0 Å². The largest absolute Gasteiger partial charge is 0.350 e. The van der Waals surface area contributed by atoms with Crippen molar-refractivity contribution in [2.45, 2.75) is 45.6 Å². The summed E-state index contributed by atoms with van der Waals surface area (Å²) in [6.45, 7) is 9.51. The molecule has 0 unspecified atom stereocenters. The van der Waals surface area contributed by atoms with Crippen LogP contribution in [-0.4, -0.2) is 36.5 Å². The van der Waals surface area contributed by atoms with E-state index in [2.05, 4.69) is 31.0 Å². The van der Waals surface area contributed by atoms with Crippen LogP contribution in [0.15, 0.2) is 24.3 Å². The number of likely N-dealkylation sites (N-methyl/N-ethyl adjacent to an activating group) is 1. The summed E-state index contributed by atoms with van der Waals surface area (Å²) in [5, 5.41) is 3.07. The van der Waals surface area contributed by atoms with Gasteiger partial charge in [0.1, 0.15) is 0 Å². The van der Waals surface area contributed by atoms with Gasteiger partial charge in [-0.1, -0.05) is 32.9 Å². The fourth-order valence-electron chi connectivity index (χ4n) is 2.87. The first-order valence-corrected chi connectivity index (χ1v) is 7.74. The molecule has 1 amide bonds. The van der Waals surface area contributed by atoms with Gasteiger partial charge >= 0.3 is 0 Å². The molecule has 20 heavy (non-hydrogen) atoms. The first kappa shape index (κ1) is 15.0. The van der Waals surface area contributed by atoms with Gasteiger partial charge in [0.2, 0.25) is 0 Å². The van der Waals surface area contributed by atoms with E-state index >= 15 is 0 Å². The quantitative estimate of drug-likeness (QED) is 0.895. The molecular weight excluding hydrogens is 248 g/mol. The van der Waals surface area contributed by atoms with Crippen molar-refractivity contribution in [2.24, 2.45) is 0 Å². The average molecular weight is 274 g/mol. The van der Waals surface area contributed by atoms with Crippen LogP contribution in [0, 0.1) is 0 Å². The van der Waals surface area contributed by atoms with Crippen LogP contribution < -0.4 is 5.32 Å². The number of nitrogens with zero attached hydrogens (tertiary/aromatic N) is 1. The molecule has 1 heterocycles. The third-order valence-corrected chi connectivity index (χ3v) is 4.24. The molecule has 1 fully saturated rings. The zero-order valence-electron chi connectivity index (χ0n) is 12.9. The van der Waals surface area contributed by atoms with E-state index in [1.165, 1.54) is 24.9 Å². The molecule has 1 aromatic carbocycles. The summed E-state index contributed by atoms with van der Waals surface area (Å²) >= 11 is 0. The van der Waals surface area contributed by atoms with E-state index in [0.29, 0.717) is 12.0 Å². The number of carbonyl (C=O) groups is 1. The molecule has 1 aromatic rings. The van der Waals surface area contributed by atoms with Gasteiger partial charge in [0.25, 0.3) is 5.91 Å². The Bertz CT molecular complexity index is 439. The predicted molar refractivity (Wildman–Crippen MR) is 83.1 cm³/mol. The lowest BCUT2D eigenvalue weighted by molar-refractivity contribution is 0.0941. The van der Waals surface area contributed by atoms with Crippen LogP contribution in [-0.2, 0) is 0 Å². The van der Waals surface area contributed by atoms with E-state index in [1.807, 2.05) is 24.3 Å². The third-order valence-electron chi connectivity index (χ3n) is 4.24. The molecule has 3 nitrogen and oxygen atoms in total. The van der Waals surface area contributed by atoms with Crippen LogP contribution in [0.1, 0.15) is 55.5 Å². The van der Waals surface area contributed by atoms with Gasteiger partial charge < -0.3 is 5.32 Å². The van der Waals surface area contributed by atoms with Crippen LogP contribution in [0.25, 0.3) is 0 Å². The first-order chi connectivity index (χ1) is 9.61. The van der Waals surface area contributed by atoms with E-state index in [1.54, 1.807) is 0 Å². The molecule has 1 atom stereocenters. The fourth-order valence-corrected chi connectivity index (χ4v) is 2.87. The summed E-state index contributed by atoms with van der Waals surface area (Å²) in [6.07, 6.45) is 2.44. The molecule has 0 aliphatic carbocycles. The minimum Gasteiger partial charge on any atom is -0.350 e. The maximum Gasteiger partial charge on any atom is 0.251 e. The van der Waals surface area contributed by atoms with Crippen molar-refractivity contribution in [1.29, 1.82) is 0 Å². The average Bonchev–Trinajstić information content (AvgIpc) is 2.92. The number of nitrogens with one attached hydrogen (secondary N) is 1.